The van der Waals surface area contributed by atoms with Crippen LogP contribution >= 0.6 is 11.6 Å². The second-order valence-electron chi connectivity index (χ2n) is 4.26. The van der Waals surface area contributed by atoms with E-state index in [4.69, 9.17) is 11.6 Å². The van der Waals surface area contributed by atoms with Gasteiger partial charge in [0.2, 0.25) is 5.28 Å². The summed E-state index contributed by atoms with van der Waals surface area (Å²) in [7, 11) is 0. The van der Waals surface area contributed by atoms with Gasteiger partial charge in [-0.25, -0.2) is 4.98 Å². The molecule has 6 heteroatoms. The van der Waals surface area contributed by atoms with Crippen molar-refractivity contribution >= 4 is 17.4 Å². The fraction of sp³-hybridized carbons (Fsp3) is 0.600. The lowest BCUT2D eigenvalue weighted by atomic mass is 10.0. The van der Waals surface area contributed by atoms with Gasteiger partial charge in [0, 0.05) is 6.54 Å². The van der Waals surface area contributed by atoms with Gasteiger partial charge >= 0.3 is 0 Å². The molecule has 0 radical (unpaired) electrons. The Hall–Kier alpha value is -1.07. The molecule has 1 fully saturated rings. The van der Waals surface area contributed by atoms with Gasteiger partial charge in [-0.3, -0.25) is 0 Å². The third-order valence-corrected chi connectivity index (χ3v) is 3.25. The van der Waals surface area contributed by atoms with E-state index in [1.165, 1.54) is 6.20 Å². The van der Waals surface area contributed by atoms with E-state index in [0.717, 1.165) is 19.4 Å². The SMILES string of the molecule is C[C@@]1(CO)CCCN1c1nc(Cl)ncc1O. The van der Waals surface area contributed by atoms with Crippen LogP contribution in [0.2, 0.25) is 5.28 Å². The second-order valence-corrected chi connectivity index (χ2v) is 4.60. The minimum absolute atomic E-state index is 0.00836. The molecule has 5 nitrogen and oxygen atoms in total. The predicted molar refractivity (Wildman–Crippen MR) is 60.8 cm³/mol. The summed E-state index contributed by atoms with van der Waals surface area (Å²) in [5.74, 6) is 0.389. The van der Waals surface area contributed by atoms with E-state index >= 15 is 0 Å². The van der Waals surface area contributed by atoms with Crippen molar-refractivity contribution in [3.63, 3.8) is 0 Å². The van der Waals surface area contributed by atoms with Gasteiger partial charge in [0.05, 0.1) is 18.3 Å². The molecule has 88 valence electrons. The molecule has 2 heterocycles. The number of aliphatic hydroxyl groups is 1. The molecule has 0 aliphatic carbocycles. The van der Waals surface area contributed by atoms with Crippen LogP contribution in [0.15, 0.2) is 6.20 Å². The van der Waals surface area contributed by atoms with Crippen LogP contribution in [0.25, 0.3) is 0 Å². The first-order valence-electron chi connectivity index (χ1n) is 5.17. The molecular weight excluding hydrogens is 230 g/mol. The zero-order valence-corrected chi connectivity index (χ0v) is 9.78. The molecule has 0 spiro atoms. The largest absolute Gasteiger partial charge is 0.503 e. The number of aliphatic hydroxyl groups excluding tert-OH is 1. The van der Waals surface area contributed by atoms with Crippen LogP contribution in [0.1, 0.15) is 19.8 Å². The van der Waals surface area contributed by atoms with Crippen LogP contribution in [-0.2, 0) is 0 Å². The van der Waals surface area contributed by atoms with Gasteiger partial charge in [-0.15, -0.1) is 0 Å². The summed E-state index contributed by atoms with van der Waals surface area (Å²) in [5, 5.41) is 19.2. The molecule has 1 atom stereocenters. The molecular formula is C10H14ClN3O2. The Kier molecular flexibility index (Phi) is 2.90. The van der Waals surface area contributed by atoms with Gasteiger partial charge in [-0.2, -0.15) is 4.98 Å². The first-order valence-corrected chi connectivity index (χ1v) is 5.55. The number of nitrogens with zero attached hydrogens (tertiary/aromatic N) is 3. The Balaban J connectivity index is 2.40. The smallest absolute Gasteiger partial charge is 0.224 e. The summed E-state index contributed by atoms with van der Waals surface area (Å²) in [6, 6.07) is 0. The van der Waals surface area contributed by atoms with Crippen molar-refractivity contribution in [1.82, 2.24) is 9.97 Å². The predicted octanol–water partition coefficient (Wildman–Crippen LogP) is 1.19. The van der Waals surface area contributed by atoms with Crippen LogP contribution in [0.5, 0.6) is 5.75 Å². The van der Waals surface area contributed by atoms with Gasteiger partial charge in [0.25, 0.3) is 0 Å². The lowest BCUT2D eigenvalue weighted by Crippen LogP contribution is -2.44. The number of aromatic nitrogens is 2. The van der Waals surface area contributed by atoms with Crippen molar-refractivity contribution in [2.24, 2.45) is 0 Å². The summed E-state index contributed by atoms with van der Waals surface area (Å²) in [4.78, 5) is 9.60. The highest BCUT2D eigenvalue weighted by Crippen LogP contribution is 2.36. The third kappa shape index (κ3) is 1.81. The van der Waals surface area contributed by atoms with Crippen LogP contribution < -0.4 is 4.90 Å². The lowest BCUT2D eigenvalue weighted by Gasteiger charge is -2.34. The molecule has 2 N–H and O–H groups in total. The van der Waals surface area contributed by atoms with Crippen LogP contribution in [0.4, 0.5) is 5.82 Å². The summed E-state index contributed by atoms with van der Waals surface area (Å²) in [5.41, 5.74) is -0.380. The van der Waals surface area contributed by atoms with Crippen molar-refractivity contribution in [1.29, 1.82) is 0 Å². The summed E-state index contributed by atoms with van der Waals surface area (Å²) in [6.07, 6.45) is 3.10. The summed E-state index contributed by atoms with van der Waals surface area (Å²) >= 11 is 5.71. The number of hydrogen-bond donors (Lipinski definition) is 2. The topological polar surface area (TPSA) is 69.5 Å². The molecule has 1 aromatic heterocycles. The van der Waals surface area contributed by atoms with E-state index in [1.54, 1.807) is 0 Å². The van der Waals surface area contributed by atoms with E-state index in [1.807, 2.05) is 11.8 Å². The number of anilines is 1. The van der Waals surface area contributed by atoms with Crippen molar-refractivity contribution in [3.05, 3.63) is 11.5 Å². The highest BCUT2D eigenvalue weighted by Gasteiger charge is 2.38. The molecule has 0 aromatic carbocycles. The first kappa shape index (κ1) is 11.4. The summed E-state index contributed by atoms with van der Waals surface area (Å²) in [6.45, 7) is 2.71. The Labute approximate surface area is 98.7 Å². The molecule has 0 unspecified atom stereocenters. The molecule has 0 amide bonds. The van der Waals surface area contributed by atoms with Crippen molar-refractivity contribution in [2.45, 2.75) is 25.3 Å². The lowest BCUT2D eigenvalue weighted by molar-refractivity contribution is 0.209. The standard InChI is InChI=1S/C10H14ClN3O2/c1-10(6-15)3-2-4-14(10)8-7(16)5-12-9(11)13-8/h5,15-16H,2-4,6H2,1H3/t10-/m0/s1. The Morgan fingerprint density at radius 3 is 3.06 bits per heavy atom. The zero-order chi connectivity index (χ0) is 11.8. The Morgan fingerprint density at radius 1 is 1.62 bits per heavy atom. The minimum atomic E-state index is -0.380. The molecule has 1 aliphatic rings. The normalized spacial score (nSPS) is 25.1. The molecule has 0 saturated carbocycles. The van der Waals surface area contributed by atoms with E-state index in [0.29, 0.717) is 5.82 Å². The molecule has 1 saturated heterocycles. The van der Waals surface area contributed by atoms with Gasteiger partial charge in [0.15, 0.2) is 11.6 Å². The van der Waals surface area contributed by atoms with Crippen molar-refractivity contribution < 1.29 is 10.2 Å². The zero-order valence-electron chi connectivity index (χ0n) is 9.02. The van der Waals surface area contributed by atoms with Crippen molar-refractivity contribution in [2.75, 3.05) is 18.1 Å². The van der Waals surface area contributed by atoms with E-state index in [2.05, 4.69) is 9.97 Å². The Bertz CT molecular complexity index is 402. The van der Waals surface area contributed by atoms with E-state index in [9.17, 15) is 10.2 Å². The monoisotopic (exact) mass is 243 g/mol. The van der Waals surface area contributed by atoms with E-state index < -0.39 is 0 Å². The molecule has 2 rings (SSSR count). The van der Waals surface area contributed by atoms with Crippen LogP contribution in [0.3, 0.4) is 0 Å². The molecule has 1 aromatic rings. The number of hydrogen-bond acceptors (Lipinski definition) is 5. The highest BCUT2D eigenvalue weighted by molar-refractivity contribution is 6.28. The maximum Gasteiger partial charge on any atom is 0.224 e. The average molecular weight is 244 g/mol. The molecule has 0 bridgehead atoms. The number of halogens is 1. The second kappa shape index (κ2) is 4.07. The fourth-order valence-corrected chi connectivity index (χ4v) is 2.22. The third-order valence-electron chi connectivity index (χ3n) is 3.07. The summed E-state index contributed by atoms with van der Waals surface area (Å²) < 4.78 is 0. The van der Waals surface area contributed by atoms with Gasteiger partial charge < -0.3 is 15.1 Å². The molecule has 1 aliphatic heterocycles. The van der Waals surface area contributed by atoms with Crippen LogP contribution in [0, 0.1) is 0 Å². The quantitative estimate of drug-likeness (QED) is 0.764. The van der Waals surface area contributed by atoms with E-state index in [-0.39, 0.29) is 23.2 Å². The number of rotatable bonds is 2. The fourth-order valence-electron chi connectivity index (χ4n) is 2.09. The van der Waals surface area contributed by atoms with Gasteiger partial charge in [0.1, 0.15) is 0 Å². The average Bonchev–Trinajstić information content (AvgIpc) is 2.65. The van der Waals surface area contributed by atoms with Gasteiger partial charge in [-0.1, -0.05) is 0 Å². The maximum atomic E-state index is 9.72. The highest BCUT2D eigenvalue weighted by atomic mass is 35.5. The number of aromatic hydroxyl groups is 1. The van der Waals surface area contributed by atoms with Crippen molar-refractivity contribution in [3.8, 4) is 5.75 Å². The van der Waals surface area contributed by atoms with Crippen LogP contribution in [-0.4, -0.2) is 38.9 Å². The minimum Gasteiger partial charge on any atom is -0.503 e. The van der Waals surface area contributed by atoms with Gasteiger partial charge in [-0.05, 0) is 31.4 Å². The first-order chi connectivity index (χ1) is 7.57. The Morgan fingerprint density at radius 2 is 2.38 bits per heavy atom. The maximum absolute atomic E-state index is 9.72. The molecule has 16 heavy (non-hydrogen) atoms.